The van der Waals surface area contributed by atoms with Crippen LogP contribution in [-0.2, 0) is 13.0 Å². The quantitative estimate of drug-likeness (QED) is 0.530. The SMILES string of the molecule is Cc1c(-c2noc(-c3ccc4nn(C(C)C)cc4c3)n2)ccc2c1CCNC2.Cl. The Hall–Kier alpha value is -2.70. The summed E-state index contributed by atoms with van der Waals surface area (Å²) in [5.74, 6) is 1.18. The van der Waals surface area contributed by atoms with Crippen molar-refractivity contribution in [3.8, 4) is 22.8 Å². The van der Waals surface area contributed by atoms with Gasteiger partial charge in [0.15, 0.2) is 0 Å². The number of nitrogens with zero attached hydrogens (tertiary/aromatic N) is 4. The second-order valence-corrected chi connectivity index (χ2v) is 7.70. The molecule has 0 atom stereocenters. The van der Waals surface area contributed by atoms with Gasteiger partial charge in [-0.15, -0.1) is 12.4 Å². The number of nitrogens with one attached hydrogen (secondary N) is 1. The van der Waals surface area contributed by atoms with Crippen LogP contribution in [0.4, 0.5) is 0 Å². The van der Waals surface area contributed by atoms with Crippen molar-refractivity contribution in [2.45, 2.75) is 39.8 Å². The van der Waals surface area contributed by atoms with Gasteiger partial charge in [0.25, 0.3) is 5.89 Å². The monoisotopic (exact) mass is 409 g/mol. The van der Waals surface area contributed by atoms with Crippen molar-refractivity contribution >= 4 is 23.3 Å². The maximum Gasteiger partial charge on any atom is 0.258 e. The van der Waals surface area contributed by atoms with Crippen LogP contribution < -0.4 is 5.32 Å². The Labute approximate surface area is 175 Å². The molecule has 29 heavy (non-hydrogen) atoms. The lowest BCUT2D eigenvalue weighted by Crippen LogP contribution is -2.24. The standard InChI is InChI=1S/C22H23N5O.ClH/c1-13(2)27-12-17-10-15(5-7-20(17)25-27)22-24-21(26-28-22)19-6-4-16-11-23-9-8-18(16)14(19)3;/h4-7,10,12-13,23H,8-9,11H2,1-3H3;1H. The van der Waals surface area contributed by atoms with Crippen molar-refractivity contribution in [2.24, 2.45) is 0 Å². The lowest BCUT2D eigenvalue weighted by molar-refractivity contribution is 0.432. The van der Waals surface area contributed by atoms with Gasteiger partial charge in [0.2, 0.25) is 5.82 Å². The van der Waals surface area contributed by atoms with E-state index in [1.165, 1.54) is 16.7 Å². The Kier molecular flexibility index (Phi) is 5.15. The molecule has 0 saturated carbocycles. The van der Waals surface area contributed by atoms with Gasteiger partial charge in [0.1, 0.15) is 0 Å². The number of rotatable bonds is 3. The summed E-state index contributed by atoms with van der Waals surface area (Å²) in [5, 5.41) is 13.4. The second kappa shape index (κ2) is 7.61. The number of hydrogen-bond donors (Lipinski definition) is 1. The van der Waals surface area contributed by atoms with Crippen LogP contribution in [0.15, 0.2) is 41.1 Å². The van der Waals surface area contributed by atoms with E-state index in [-0.39, 0.29) is 12.4 Å². The van der Waals surface area contributed by atoms with Crippen molar-refractivity contribution in [3.63, 3.8) is 0 Å². The van der Waals surface area contributed by atoms with Gasteiger partial charge in [0.05, 0.1) is 5.52 Å². The van der Waals surface area contributed by atoms with E-state index >= 15 is 0 Å². The molecule has 0 saturated heterocycles. The van der Waals surface area contributed by atoms with Crippen LogP contribution in [-0.4, -0.2) is 26.5 Å². The molecule has 0 bridgehead atoms. The third-order valence-electron chi connectivity index (χ3n) is 5.53. The highest BCUT2D eigenvalue weighted by molar-refractivity contribution is 5.85. The van der Waals surface area contributed by atoms with Crippen molar-refractivity contribution in [1.29, 1.82) is 0 Å². The van der Waals surface area contributed by atoms with Gasteiger partial charge in [-0.1, -0.05) is 17.3 Å². The summed E-state index contributed by atoms with van der Waals surface area (Å²) in [6, 6.07) is 10.7. The molecule has 6 nitrogen and oxygen atoms in total. The lowest BCUT2D eigenvalue weighted by atomic mass is 9.92. The third-order valence-corrected chi connectivity index (χ3v) is 5.53. The van der Waals surface area contributed by atoms with Crippen LogP contribution in [0.5, 0.6) is 0 Å². The highest BCUT2D eigenvalue weighted by Gasteiger charge is 2.18. The molecule has 2 aromatic carbocycles. The molecule has 1 N–H and O–H groups in total. The predicted octanol–water partition coefficient (Wildman–Crippen LogP) is 4.71. The Morgan fingerprint density at radius 2 is 2.03 bits per heavy atom. The zero-order valence-corrected chi connectivity index (χ0v) is 17.6. The number of hydrogen-bond acceptors (Lipinski definition) is 5. The molecule has 0 unspecified atom stereocenters. The normalized spacial score (nSPS) is 13.5. The molecule has 5 rings (SSSR count). The maximum absolute atomic E-state index is 5.61. The molecule has 0 spiro atoms. The van der Waals surface area contributed by atoms with Crippen LogP contribution in [0.3, 0.4) is 0 Å². The van der Waals surface area contributed by atoms with Gasteiger partial charge in [0, 0.05) is 35.3 Å². The van der Waals surface area contributed by atoms with E-state index in [1.807, 2.05) is 16.8 Å². The van der Waals surface area contributed by atoms with Crippen molar-refractivity contribution in [1.82, 2.24) is 25.2 Å². The summed E-state index contributed by atoms with van der Waals surface area (Å²) >= 11 is 0. The molecule has 150 valence electrons. The van der Waals surface area contributed by atoms with E-state index in [0.717, 1.165) is 41.5 Å². The molecule has 7 heteroatoms. The first-order valence-corrected chi connectivity index (χ1v) is 9.75. The van der Waals surface area contributed by atoms with Gasteiger partial charge < -0.3 is 9.84 Å². The molecule has 1 aliphatic rings. The Bertz CT molecular complexity index is 1180. The highest BCUT2D eigenvalue weighted by atomic mass is 35.5. The largest absolute Gasteiger partial charge is 0.334 e. The second-order valence-electron chi connectivity index (χ2n) is 7.70. The average Bonchev–Trinajstić information content (AvgIpc) is 3.35. The van der Waals surface area contributed by atoms with Crippen molar-refractivity contribution in [2.75, 3.05) is 6.54 Å². The molecular formula is C22H24ClN5O. The summed E-state index contributed by atoms with van der Waals surface area (Å²) < 4.78 is 7.58. The van der Waals surface area contributed by atoms with E-state index < -0.39 is 0 Å². The summed E-state index contributed by atoms with van der Waals surface area (Å²) in [6.45, 7) is 8.33. The lowest BCUT2D eigenvalue weighted by Gasteiger charge is -2.20. The summed E-state index contributed by atoms with van der Waals surface area (Å²) in [7, 11) is 0. The highest BCUT2D eigenvalue weighted by Crippen LogP contribution is 2.30. The minimum atomic E-state index is 0. The molecule has 1 aliphatic heterocycles. The van der Waals surface area contributed by atoms with Crippen molar-refractivity contribution in [3.05, 3.63) is 53.2 Å². The van der Waals surface area contributed by atoms with Crippen LogP contribution in [0.2, 0.25) is 0 Å². The zero-order valence-electron chi connectivity index (χ0n) is 16.8. The molecule has 0 fully saturated rings. The van der Waals surface area contributed by atoms with Crippen LogP contribution >= 0.6 is 12.4 Å². The van der Waals surface area contributed by atoms with Gasteiger partial charge in [-0.2, -0.15) is 10.1 Å². The van der Waals surface area contributed by atoms with Crippen LogP contribution in [0.25, 0.3) is 33.7 Å². The van der Waals surface area contributed by atoms with E-state index in [4.69, 9.17) is 4.52 Å². The molecule has 0 aliphatic carbocycles. The first-order valence-electron chi connectivity index (χ1n) is 9.75. The van der Waals surface area contributed by atoms with Crippen LogP contribution in [0.1, 0.15) is 36.6 Å². The van der Waals surface area contributed by atoms with E-state index in [9.17, 15) is 0 Å². The first-order chi connectivity index (χ1) is 13.6. The fraction of sp³-hybridized carbons (Fsp3) is 0.318. The summed E-state index contributed by atoms with van der Waals surface area (Å²) in [5.41, 5.74) is 6.95. The van der Waals surface area contributed by atoms with E-state index in [2.05, 4.69) is 65.7 Å². The Morgan fingerprint density at radius 1 is 1.17 bits per heavy atom. The molecule has 0 radical (unpaired) electrons. The molecule has 0 amide bonds. The van der Waals surface area contributed by atoms with Gasteiger partial charge in [-0.25, -0.2) is 0 Å². The van der Waals surface area contributed by atoms with Gasteiger partial charge in [-0.3, -0.25) is 4.68 Å². The summed E-state index contributed by atoms with van der Waals surface area (Å²) in [4.78, 5) is 4.69. The number of benzene rings is 2. The van der Waals surface area contributed by atoms with Gasteiger partial charge >= 0.3 is 0 Å². The van der Waals surface area contributed by atoms with Crippen LogP contribution in [0, 0.1) is 6.92 Å². The first kappa shape index (κ1) is 19.6. The Morgan fingerprint density at radius 3 is 2.86 bits per heavy atom. The molecule has 4 aromatic rings. The number of aromatic nitrogens is 4. The van der Waals surface area contributed by atoms with E-state index in [1.54, 1.807) is 0 Å². The maximum atomic E-state index is 5.61. The predicted molar refractivity (Wildman–Crippen MR) is 116 cm³/mol. The number of fused-ring (bicyclic) bond motifs is 2. The van der Waals surface area contributed by atoms with Crippen molar-refractivity contribution < 1.29 is 4.52 Å². The zero-order chi connectivity index (χ0) is 19.3. The number of halogens is 1. The van der Waals surface area contributed by atoms with E-state index in [0.29, 0.717) is 17.8 Å². The smallest absolute Gasteiger partial charge is 0.258 e. The van der Waals surface area contributed by atoms with Gasteiger partial charge in [-0.05, 0) is 68.6 Å². The molecule has 2 aromatic heterocycles. The fourth-order valence-electron chi connectivity index (χ4n) is 3.90. The third kappa shape index (κ3) is 3.43. The minimum absolute atomic E-state index is 0. The molecular weight excluding hydrogens is 386 g/mol. The fourth-order valence-corrected chi connectivity index (χ4v) is 3.90. The Balaban J connectivity index is 0.00000205. The molecule has 3 heterocycles. The average molecular weight is 410 g/mol. The topological polar surface area (TPSA) is 68.8 Å². The minimum Gasteiger partial charge on any atom is -0.334 e. The summed E-state index contributed by atoms with van der Waals surface area (Å²) in [6.07, 6.45) is 3.10.